The van der Waals surface area contributed by atoms with Crippen LogP contribution in [0.5, 0.6) is 0 Å². The number of aromatic nitrogens is 2. The number of hydrogen-bond acceptors (Lipinski definition) is 6. The Balaban J connectivity index is 2.11. The van der Waals surface area contributed by atoms with E-state index in [4.69, 9.17) is 5.84 Å². The van der Waals surface area contributed by atoms with E-state index in [-0.39, 0.29) is 0 Å². The zero-order valence-electron chi connectivity index (χ0n) is 12.7. The number of rotatable bonds is 3. The first-order valence-corrected chi connectivity index (χ1v) is 8.58. The van der Waals surface area contributed by atoms with Crippen molar-refractivity contribution in [3.05, 3.63) is 10.9 Å². The molecule has 21 heavy (non-hydrogen) atoms. The molecule has 3 N–H and O–H groups in total. The van der Waals surface area contributed by atoms with Gasteiger partial charge in [-0.25, -0.2) is 10.8 Å². The molecule has 2 aromatic heterocycles. The Labute approximate surface area is 129 Å². The van der Waals surface area contributed by atoms with Gasteiger partial charge in [-0.2, -0.15) is 4.98 Å². The predicted molar refractivity (Wildman–Crippen MR) is 89.9 cm³/mol. The summed E-state index contributed by atoms with van der Waals surface area (Å²) < 4.78 is 0. The molecule has 0 saturated carbocycles. The van der Waals surface area contributed by atoms with E-state index in [0.717, 1.165) is 23.6 Å². The van der Waals surface area contributed by atoms with E-state index in [1.165, 1.54) is 35.9 Å². The van der Waals surface area contributed by atoms with Crippen molar-refractivity contribution in [2.45, 2.75) is 52.0 Å². The van der Waals surface area contributed by atoms with Crippen LogP contribution in [-0.4, -0.2) is 22.6 Å². The van der Waals surface area contributed by atoms with Crippen molar-refractivity contribution in [2.75, 3.05) is 16.9 Å². The lowest BCUT2D eigenvalue weighted by atomic mass is 10.1. The minimum Gasteiger partial charge on any atom is -0.353 e. The summed E-state index contributed by atoms with van der Waals surface area (Å²) in [6.45, 7) is 5.53. The van der Waals surface area contributed by atoms with Gasteiger partial charge in [0.05, 0.1) is 5.39 Å². The van der Waals surface area contributed by atoms with Gasteiger partial charge in [0.1, 0.15) is 10.6 Å². The molecule has 1 aliphatic rings. The van der Waals surface area contributed by atoms with Crippen molar-refractivity contribution in [1.82, 2.24) is 9.97 Å². The van der Waals surface area contributed by atoms with Crippen LogP contribution < -0.4 is 16.2 Å². The lowest BCUT2D eigenvalue weighted by Gasteiger charge is -2.29. The topological polar surface area (TPSA) is 67.1 Å². The first-order chi connectivity index (χ1) is 10.2. The molecule has 6 heteroatoms. The third-order valence-corrected chi connectivity index (χ3v) is 5.40. The van der Waals surface area contributed by atoms with Crippen molar-refractivity contribution in [3.63, 3.8) is 0 Å². The van der Waals surface area contributed by atoms with Crippen molar-refractivity contribution >= 4 is 33.3 Å². The molecule has 0 radical (unpaired) electrons. The van der Waals surface area contributed by atoms with Crippen molar-refractivity contribution < 1.29 is 0 Å². The van der Waals surface area contributed by atoms with E-state index in [9.17, 15) is 0 Å². The van der Waals surface area contributed by atoms with Gasteiger partial charge < -0.3 is 4.90 Å². The third kappa shape index (κ3) is 2.82. The average molecular weight is 305 g/mol. The number of aryl methyl sites for hydroxylation is 1. The van der Waals surface area contributed by atoms with Gasteiger partial charge in [-0.15, -0.1) is 11.3 Å². The molecule has 0 bridgehead atoms. The molecule has 3 heterocycles. The molecule has 2 aromatic rings. The molecule has 0 aromatic carbocycles. The van der Waals surface area contributed by atoms with Crippen molar-refractivity contribution in [2.24, 2.45) is 5.84 Å². The molecule has 3 rings (SSSR count). The number of hydrogen-bond donors (Lipinski definition) is 2. The largest absolute Gasteiger partial charge is 0.353 e. The Kier molecular flexibility index (Phi) is 4.26. The van der Waals surface area contributed by atoms with Gasteiger partial charge in [-0.1, -0.05) is 19.8 Å². The zero-order chi connectivity index (χ0) is 14.8. The number of nitrogens with one attached hydrogen (secondary N) is 1. The fraction of sp³-hybridized carbons (Fsp3) is 0.600. The maximum absolute atomic E-state index is 5.56. The minimum absolute atomic E-state index is 0.512. The fourth-order valence-electron chi connectivity index (χ4n) is 3.00. The Morgan fingerprint density at radius 1 is 1.38 bits per heavy atom. The van der Waals surface area contributed by atoms with Crippen molar-refractivity contribution in [3.8, 4) is 0 Å². The first-order valence-electron chi connectivity index (χ1n) is 7.76. The summed E-state index contributed by atoms with van der Waals surface area (Å²) in [7, 11) is 0. The Bertz CT molecular complexity index is 624. The summed E-state index contributed by atoms with van der Waals surface area (Å²) in [5.74, 6) is 7.11. The monoisotopic (exact) mass is 305 g/mol. The highest BCUT2D eigenvalue weighted by Gasteiger charge is 2.22. The maximum atomic E-state index is 5.56. The van der Waals surface area contributed by atoms with Gasteiger partial charge in [-0.3, -0.25) is 5.43 Å². The van der Waals surface area contributed by atoms with E-state index < -0.39 is 0 Å². The van der Waals surface area contributed by atoms with E-state index in [1.54, 1.807) is 11.3 Å². The van der Waals surface area contributed by atoms with E-state index in [1.807, 2.05) is 0 Å². The van der Waals surface area contributed by atoms with E-state index in [0.29, 0.717) is 12.0 Å². The van der Waals surface area contributed by atoms with Crippen LogP contribution in [0.3, 0.4) is 0 Å². The third-order valence-electron chi connectivity index (χ3n) is 4.23. The normalized spacial score (nSPS) is 19.8. The van der Waals surface area contributed by atoms with Crippen LogP contribution >= 0.6 is 11.3 Å². The average Bonchev–Trinajstić information content (AvgIpc) is 2.81. The van der Waals surface area contributed by atoms with Gasteiger partial charge in [0, 0.05) is 17.5 Å². The van der Waals surface area contributed by atoms with Gasteiger partial charge in [0.2, 0.25) is 5.95 Å². The zero-order valence-corrected chi connectivity index (χ0v) is 13.5. The molecular formula is C15H23N5S. The molecule has 114 valence electrons. The lowest BCUT2D eigenvalue weighted by Crippen LogP contribution is -2.33. The lowest BCUT2D eigenvalue weighted by molar-refractivity contribution is 0.612. The summed E-state index contributed by atoms with van der Waals surface area (Å²) in [6.07, 6.45) is 6.09. The fourth-order valence-corrected chi connectivity index (χ4v) is 3.97. The van der Waals surface area contributed by atoms with E-state index >= 15 is 0 Å². The van der Waals surface area contributed by atoms with Gasteiger partial charge in [0.15, 0.2) is 0 Å². The van der Waals surface area contributed by atoms with Gasteiger partial charge in [-0.05, 0) is 32.3 Å². The van der Waals surface area contributed by atoms with Crippen LogP contribution in [0.1, 0.15) is 44.4 Å². The SMILES string of the molecule is CCc1cc2c(N3CCCCCC3C)nc(NN)nc2s1. The second-order valence-electron chi connectivity index (χ2n) is 5.69. The second kappa shape index (κ2) is 6.15. The van der Waals surface area contributed by atoms with Gasteiger partial charge >= 0.3 is 0 Å². The summed E-state index contributed by atoms with van der Waals surface area (Å²) >= 11 is 1.74. The molecule has 1 unspecified atom stereocenters. The number of hydrazine groups is 1. The number of nitrogen functional groups attached to an aromatic ring is 1. The first kappa shape index (κ1) is 14.5. The molecule has 1 atom stereocenters. The molecule has 1 saturated heterocycles. The molecule has 0 amide bonds. The Morgan fingerprint density at radius 2 is 2.24 bits per heavy atom. The standard InChI is InChI=1S/C15H23N5S/c1-3-11-9-12-13(17-15(19-16)18-14(12)21-11)20-8-6-4-5-7-10(20)2/h9-10H,3-8,16H2,1-2H3,(H,17,18,19). The Hall–Kier alpha value is -1.40. The van der Waals surface area contributed by atoms with Gasteiger partial charge in [0.25, 0.3) is 0 Å². The molecule has 0 aliphatic carbocycles. The molecule has 0 spiro atoms. The summed E-state index contributed by atoms with van der Waals surface area (Å²) in [5.41, 5.74) is 2.61. The van der Waals surface area contributed by atoms with Crippen LogP contribution in [0.25, 0.3) is 10.2 Å². The molecule has 1 fully saturated rings. The number of thiophene rings is 1. The second-order valence-corrected chi connectivity index (χ2v) is 6.81. The van der Waals surface area contributed by atoms with E-state index in [2.05, 4.69) is 40.2 Å². The summed E-state index contributed by atoms with van der Waals surface area (Å²) in [5, 5.41) is 1.17. The number of fused-ring (bicyclic) bond motifs is 1. The summed E-state index contributed by atoms with van der Waals surface area (Å²) in [4.78, 5) is 14.0. The Morgan fingerprint density at radius 3 is 3.00 bits per heavy atom. The molecular weight excluding hydrogens is 282 g/mol. The van der Waals surface area contributed by atoms with Crippen molar-refractivity contribution in [1.29, 1.82) is 0 Å². The number of anilines is 2. The summed E-state index contributed by atoms with van der Waals surface area (Å²) in [6, 6.07) is 2.76. The van der Waals surface area contributed by atoms with Crippen LogP contribution in [0.15, 0.2) is 6.07 Å². The maximum Gasteiger partial charge on any atom is 0.240 e. The quantitative estimate of drug-likeness (QED) is 0.672. The predicted octanol–water partition coefficient (Wildman–Crippen LogP) is 3.31. The highest BCUT2D eigenvalue weighted by atomic mass is 32.1. The van der Waals surface area contributed by atoms with Crippen LogP contribution in [-0.2, 0) is 6.42 Å². The molecule has 5 nitrogen and oxygen atoms in total. The smallest absolute Gasteiger partial charge is 0.240 e. The minimum atomic E-state index is 0.512. The van der Waals surface area contributed by atoms with Crippen LogP contribution in [0.4, 0.5) is 11.8 Å². The van der Waals surface area contributed by atoms with Crippen LogP contribution in [0.2, 0.25) is 0 Å². The number of nitrogens with two attached hydrogens (primary N) is 1. The number of nitrogens with zero attached hydrogens (tertiary/aromatic N) is 3. The highest BCUT2D eigenvalue weighted by Crippen LogP contribution is 2.34. The van der Waals surface area contributed by atoms with Crippen LogP contribution in [0, 0.1) is 0 Å². The highest BCUT2D eigenvalue weighted by molar-refractivity contribution is 7.18. The molecule has 1 aliphatic heterocycles.